The summed E-state index contributed by atoms with van der Waals surface area (Å²) in [7, 11) is -1.92. The molecule has 0 amide bonds. The van der Waals surface area contributed by atoms with Crippen molar-refractivity contribution in [2.75, 3.05) is 6.54 Å². The first-order valence-corrected chi connectivity index (χ1v) is 7.57. The number of nitrogens with one attached hydrogen (secondary N) is 1. The SMILES string of the molecule is Cn1ccc(CCNS(=O)(=O)c2cnn(CC(=O)O)c2)n1. The minimum absolute atomic E-state index is 0.0650. The molecule has 2 N–H and O–H groups in total. The van der Waals surface area contributed by atoms with Crippen LogP contribution >= 0.6 is 0 Å². The molecule has 0 spiro atoms. The fourth-order valence-electron chi connectivity index (χ4n) is 1.70. The van der Waals surface area contributed by atoms with Gasteiger partial charge in [0, 0.05) is 32.4 Å². The van der Waals surface area contributed by atoms with Crippen molar-refractivity contribution in [3.05, 3.63) is 30.4 Å². The summed E-state index contributed by atoms with van der Waals surface area (Å²) in [4.78, 5) is 10.5. The molecule has 0 aliphatic rings. The van der Waals surface area contributed by atoms with Crippen molar-refractivity contribution in [1.82, 2.24) is 24.3 Å². The van der Waals surface area contributed by atoms with E-state index in [1.54, 1.807) is 24.0 Å². The fraction of sp³-hybridized carbons (Fsp3) is 0.364. The number of aryl methyl sites for hydroxylation is 1. The number of carboxylic acid groups (broad SMARTS) is 1. The number of rotatable bonds is 7. The third kappa shape index (κ3) is 4.13. The van der Waals surface area contributed by atoms with Gasteiger partial charge in [0.15, 0.2) is 0 Å². The van der Waals surface area contributed by atoms with E-state index in [-0.39, 0.29) is 18.0 Å². The van der Waals surface area contributed by atoms with Gasteiger partial charge in [-0.15, -0.1) is 0 Å². The minimum atomic E-state index is -3.70. The fourth-order valence-corrected chi connectivity index (χ4v) is 2.69. The maximum absolute atomic E-state index is 12.0. The molecular weight excluding hydrogens is 298 g/mol. The highest BCUT2D eigenvalue weighted by Gasteiger charge is 2.16. The second-order valence-electron chi connectivity index (χ2n) is 4.40. The predicted octanol–water partition coefficient (Wildman–Crippen LogP) is -0.778. The Morgan fingerprint density at radius 2 is 2.24 bits per heavy atom. The second-order valence-corrected chi connectivity index (χ2v) is 6.16. The number of aromatic nitrogens is 4. The number of carboxylic acids is 1. The lowest BCUT2D eigenvalue weighted by atomic mass is 10.3. The Bertz CT molecular complexity index is 733. The van der Waals surface area contributed by atoms with Crippen LogP contribution in [-0.2, 0) is 34.8 Å². The van der Waals surface area contributed by atoms with Crippen LogP contribution < -0.4 is 4.72 Å². The molecular formula is C11H15N5O4S. The van der Waals surface area contributed by atoms with Crippen LogP contribution in [0.15, 0.2) is 29.6 Å². The van der Waals surface area contributed by atoms with Gasteiger partial charge in [0.1, 0.15) is 11.4 Å². The molecule has 2 heterocycles. The lowest BCUT2D eigenvalue weighted by Crippen LogP contribution is -2.25. The van der Waals surface area contributed by atoms with E-state index in [9.17, 15) is 13.2 Å². The lowest BCUT2D eigenvalue weighted by Gasteiger charge is -2.03. The van der Waals surface area contributed by atoms with E-state index in [4.69, 9.17) is 5.11 Å². The molecule has 0 fully saturated rings. The zero-order chi connectivity index (χ0) is 15.5. The molecule has 0 atom stereocenters. The average molecular weight is 313 g/mol. The van der Waals surface area contributed by atoms with Gasteiger partial charge in [0.05, 0.1) is 11.9 Å². The van der Waals surface area contributed by atoms with Crippen LogP contribution in [0.5, 0.6) is 0 Å². The van der Waals surface area contributed by atoms with Crippen LogP contribution in [0, 0.1) is 0 Å². The van der Waals surface area contributed by atoms with Gasteiger partial charge in [0.2, 0.25) is 10.0 Å². The smallest absolute Gasteiger partial charge is 0.325 e. The first kappa shape index (κ1) is 15.2. The van der Waals surface area contributed by atoms with Crippen LogP contribution in [0.1, 0.15) is 5.69 Å². The first-order chi connectivity index (χ1) is 9.87. The highest BCUT2D eigenvalue weighted by atomic mass is 32.2. The Kier molecular flexibility index (Phi) is 4.38. The molecule has 0 radical (unpaired) electrons. The van der Waals surface area contributed by atoms with Crippen molar-refractivity contribution in [2.45, 2.75) is 17.9 Å². The summed E-state index contributed by atoms with van der Waals surface area (Å²) < 4.78 is 29.1. The molecule has 0 saturated carbocycles. The lowest BCUT2D eigenvalue weighted by molar-refractivity contribution is -0.137. The van der Waals surface area contributed by atoms with Gasteiger partial charge >= 0.3 is 5.97 Å². The highest BCUT2D eigenvalue weighted by molar-refractivity contribution is 7.89. The monoisotopic (exact) mass is 313 g/mol. The van der Waals surface area contributed by atoms with E-state index >= 15 is 0 Å². The Morgan fingerprint density at radius 3 is 2.86 bits per heavy atom. The standard InChI is InChI=1S/C11H15N5O4S/c1-15-5-3-9(14-15)2-4-13-21(19,20)10-6-12-16(7-10)8-11(17)18/h3,5-7,13H,2,4,8H2,1H3,(H,17,18). The Balaban J connectivity index is 1.94. The number of hydrogen-bond donors (Lipinski definition) is 2. The molecule has 0 aromatic carbocycles. The van der Waals surface area contributed by atoms with Crippen LogP contribution in [0.4, 0.5) is 0 Å². The summed E-state index contributed by atoms with van der Waals surface area (Å²) in [5, 5.41) is 16.4. The quantitative estimate of drug-likeness (QED) is 0.692. The van der Waals surface area contributed by atoms with Crippen molar-refractivity contribution in [2.24, 2.45) is 7.05 Å². The zero-order valence-corrected chi connectivity index (χ0v) is 12.1. The van der Waals surface area contributed by atoms with E-state index in [2.05, 4.69) is 14.9 Å². The number of aliphatic carboxylic acids is 1. The van der Waals surface area contributed by atoms with Crippen molar-refractivity contribution in [3.8, 4) is 0 Å². The maximum atomic E-state index is 12.0. The molecule has 0 bridgehead atoms. The summed E-state index contributed by atoms with van der Waals surface area (Å²) in [5.41, 5.74) is 0.779. The van der Waals surface area contributed by atoms with Gasteiger partial charge in [0.25, 0.3) is 0 Å². The van der Waals surface area contributed by atoms with Crippen molar-refractivity contribution >= 4 is 16.0 Å². The third-order valence-corrected chi connectivity index (χ3v) is 4.07. The molecule has 0 saturated heterocycles. The van der Waals surface area contributed by atoms with Crippen molar-refractivity contribution in [3.63, 3.8) is 0 Å². The highest BCUT2D eigenvalue weighted by Crippen LogP contribution is 2.07. The van der Waals surface area contributed by atoms with Crippen LogP contribution in [0.2, 0.25) is 0 Å². The first-order valence-electron chi connectivity index (χ1n) is 6.09. The number of carbonyl (C=O) groups is 1. The van der Waals surface area contributed by atoms with Gasteiger partial charge in [-0.05, 0) is 6.07 Å². The Labute approximate surface area is 121 Å². The second kappa shape index (κ2) is 6.06. The third-order valence-electron chi connectivity index (χ3n) is 2.66. The Hall–Kier alpha value is -2.20. The molecule has 0 aliphatic carbocycles. The molecule has 21 heavy (non-hydrogen) atoms. The van der Waals surface area contributed by atoms with Crippen molar-refractivity contribution < 1.29 is 18.3 Å². The molecule has 10 heteroatoms. The predicted molar refractivity (Wildman–Crippen MR) is 72.0 cm³/mol. The van der Waals surface area contributed by atoms with Gasteiger partial charge in [-0.25, -0.2) is 13.1 Å². The molecule has 9 nitrogen and oxygen atoms in total. The molecule has 2 aromatic heterocycles. The van der Waals surface area contributed by atoms with Gasteiger partial charge in [-0.1, -0.05) is 0 Å². The number of nitrogens with zero attached hydrogens (tertiary/aromatic N) is 4. The number of sulfonamides is 1. The summed E-state index contributed by atoms with van der Waals surface area (Å²) in [6.45, 7) is -0.188. The Morgan fingerprint density at radius 1 is 1.48 bits per heavy atom. The molecule has 2 rings (SSSR count). The summed E-state index contributed by atoms with van der Waals surface area (Å²) >= 11 is 0. The summed E-state index contributed by atoms with van der Waals surface area (Å²) in [6, 6.07) is 1.80. The van der Waals surface area contributed by atoms with Crippen LogP contribution in [0.3, 0.4) is 0 Å². The van der Waals surface area contributed by atoms with Crippen LogP contribution in [-0.4, -0.2) is 45.6 Å². The van der Waals surface area contributed by atoms with E-state index < -0.39 is 16.0 Å². The van der Waals surface area contributed by atoms with Gasteiger partial charge in [-0.3, -0.25) is 14.2 Å². The largest absolute Gasteiger partial charge is 0.480 e. The van der Waals surface area contributed by atoms with Gasteiger partial charge < -0.3 is 5.11 Å². The zero-order valence-electron chi connectivity index (χ0n) is 11.3. The van der Waals surface area contributed by atoms with E-state index in [1.165, 1.54) is 6.20 Å². The molecule has 114 valence electrons. The van der Waals surface area contributed by atoms with Crippen LogP contribution in [0.25, 0.3) is 0 Å². The minimum Gasteiger partial charge on any atom is -0.480 e. The van der Waals surface area contributed by atoms with E-state index in [1.807, 2.05) is 0 Å². The number of hydrogen-bond acceptors (Lipinski definition) is 5. The molecule has 0 unspecified atom stereocenters. The summed E-state index contributed by atoms with van der Waals surface area (Å²) in [6.07, 6.45) is 4.53. The van der Waals surface area contributed by atoms with E-state index in [0.29, 0.717) is 6.42 Å². The maximum Gasteiger partial charge on any atom is 0.325 e. The normalized spacial score (nSPS) is 11.7. The molecule has 0 aliphatic heterocycles. The van der Waals surface area contributed by atoms with E-state index in [0.717, 1.165) is 16.6 Å². The van der Waals surface area contributed by atoms with Gasteiger partial charge in [-0.2, -0.15) is 10.2 Å². The average Bonchev–Trinajstić information content (AvgIpc) is 2.98. The van der Waals surface area contributed by atoms with Crippen molar-refractivity contribution in [1.29, 1.82) is 0 Å². The topological polar surface area (TPSA) is 119 Å². The summed E-state index contributed by atoms with van der Waals surface area (Å²) in [5.74, 6) is -1.09. The molecule has 2 aromatic rings.